The Balaban J connectivity index is 1.70. The number of methoxy groups -OCH3 is 1. The summed E-state index contributed by atoms with van der Waals surface area (Å²) in [4.78, 5) is 23.6. The van der Waals surface area contributed by atoms with E-state index in [2.05, 4.69) is 5.32 Å². The van der Waals surface area contributed by atoms with Crippen LogP contribution < -0.4 is 14.8 Å². The zero-order valence-corrected chi connectivity index (χ0v) is 13.8. The molecule has 0 aromatic heterocycles. The number of rotatable bonds is 7. The van der Waals surface area contributed by atoms with Gasteiger partial charge in [-0.25, -0.2) is 4.79 Å². The highest BCUT2D eigenvalue weighted by Crippen LogP contribution is 2.34. The average molecular weight is 333 g/mol. The van der Waals surface area contributed by atoms with Crippen molar-refractivity contribution < 1.29 is 24.2 Å². The molecule has 6 heteroatoms. The van der Waals surface area contributed by atoms with Crippen molar-refractivity contribution in [2.24, 2.45) is 5.92 Å². The molecule has 0 bridgehead atoms. The van der Waals surface area contributed by atoms with Crippen LogP contribution >= 0.6 is 0 Å². The topological polar surface area (TPSA) is 84.9 Å². The first-order chi connectivity index (χ1) is 11.6. The van der Waals surface area contributed by atoms with Gasteiger partial charge in [0.05, 0.1) is 13.2 Å². The molecule has 0 radical (unpaired) electrons. The molecule has 130 valence electrons. The number of carboxylic acid groups (broad SMARTS) is 1. The number of carboxylic acids is 1. The van der Waals surface area contributed by atoms with E-state index in [4.69, 9.17) is 9.47 Å². The molecule has 1 atom stereocenters. The zero-order chi connectivity index (χ0) is 17.1. The maximum absolute atomic E-state index is 12.3. The van der Waals surface area contributed by atoms with Crippen LogP contribution in [0.4, 0.5) is 0 Å². The Morgan fingerprint density at radius 1 is 1.17 bits per heavy atom. The fourth-order valence-corrected chi connectivity index (χ4v) is 3.13. The third kappa shape index (κ3) is 3.80. The molecule has 2 N–H and O–H groups in total. The molecule has 0 aliphatic heterocycles. The van der Waals surface area contributed by atoms with Crippen molar-refractivity contribution in [1.29, 1.82) is 0 Å². The van der Waals surface area contributed by atoms with Gasteiger partial charge in [-0.3, -0.25) is 4.79 Å². The van der Waals surface area contributed by atoms with E-state index in [0.717, 1.165) is 25.7 Å². The minimum absolute atomic E-state index is 0.0401. The fourth-order valence-electron chi connectivity index (χ4n) is 3.13. The second kappa shape index (κ2) is 7.11. The number of hydrogen-bond donors (Lipinski definition) is 2. The van der Waals surface area contributed by atoms with Gasteiger partial charge in [0, 0.05) is 5.56 Å². The molecule has 3 rings (SSSR count). The van der Waals surface area contributed by atoms with Crippen LogP contribution in [0, 0.1) is 5.92 Å². The molecule has 1 aromatic carbocycles. The molecule has 0 heterocycles. The van der Waals surface area contributed by atoms with Crippen LogP contribution in [-0.2, 0) is 4.79 Å². The standard InChI is InChI=1S/C18H23NO5/c1-23-15-10-12(8-9-14(15)24-13-4-2-3-5-13)17(20)19-16(18(21)22)11-6-7-11/h8-11,13,16H,2-7H2,1H3,(H,19,20)(H,21,22). The van der Waals surface area contributed by atoms with Crippen molar-refractivity contribution in [3.63, 3.8) is 0 Å². The van der Waals surface area contributed by atoms with E-state index >= 15 is 0 Å². The number of nitrogens with one attached hydrogen (secondary N) is 1. The first kappa shape index (κ1) is 16.6. The maximum atomic E-state index is 12.3. The summed E-state index contributed by atoms with van der Waals surface area (Å²) in [6.07, 6.45) is 6.30. The van der Waals surface area contributed by atoms with Crippen molar-refractivity contribution in [2.45, 2.75) is 50.7 Å². The molecule has 0 spiro atoms. The van der Waals surface area contributed by atoms with Crippen molar-refractivity contribution in [1.82, 2.24) is 5.32 Å². The monoisotopic (exact) mass is 333 g/mol. The quantitative estimate of drug-likeness (QED) is 0.801. The van der Waals surface area contributed by atoms with Gasteiger partial charge in [-0.1, -0.05) is 0 Å². The van der Waals surface area contributed by atoms with Gasteiger partial charge in [0.2, 0.25) is 0 Å². The Morgan fingerprint density at radius 3 is 2.46 bits per heavy atom. The lowest BCUT2D eigenvalue weighted by Crippen LogP contribution is -2.42. The van der Waals surface area contributed by atoms with Gasteiger partial charge in [0.25, 0.3) is 5.91 Å². The summed E-state index contributed by atoms with van der Waals surface area (Å²) < 4.78 is 11.3. The number of ether oxygens (including phenoxy) is 2. The molecule has 2 fully saturated rings. The zero-order valence-electron chi connectivity index (χ0n) is 13.8. The maximum Gasteiger partial charge on any atom is 0.326 e. The minimum atomic E-state index is -0.987. The second-order valence-electron chi connectivity index (χ2n) is 6.52. The van der Waals surface area contributed by atoms with Crippen LogP contribution in [0.2, 0.25) is 0 Å². The van der Waals surface area contributed by atoms with Crippen LogP contribution in [0.3, 0.4) is 0 Å². The Bertz CT molecular complexity index is 620. The number of aliphatic carboxylic acids is 1. The highest BCUT2D eigenvalue weighted by molar-refractivity contribution is 5.97. The van der Waals surface area contributed by atoms with Crippen LogP contribution in [-0.4, -0.2) is 36.2 Å². The molecule has 2 aliphatic rings. The van der Waals surface area contributed by atoms with Crippen molar-refractivity contribution >= 4 is 11.9 Å². The first-order valence-electron chi connectivity index (χ1n) is 8.47. The SMILES string of the molecule is COc1cc(C(=O)NC(C(=O)O)C2CC2)ccc1OC1CCCC1. The van der Waals surface area contributed by atoms with E-state index in [0.29, 0.717) is 17.1 Å². The third-order valence-corrected chi connectivity index (χ3v) is 4.67. The smallest absolute Gasteiger partial charge is 0.326 e. The Labute approximate surface area is 141 Å². The van der Waals surface area contributed by atoms with E-state index in [1.54, 1.807) is 18.2 Å². The molecule has 1 unspecified atom stereocenters. The van der Waals surface area contributed by atoms with Crippen molar-refractivity contribution in [2.75, 3.05) is 7.11 Å². The van der Waals surface area contributed by atoms with Gasteiger partial charge in [0.1, 0.15) is 6.04 Å². The molecule has 1 amide bonds. The molecular formula is C18H23NO5. The summed E-state index contributed by atoms with van der Waals surface area (Å²) in [6, 6.07) is 4.15. The number of amides is 1. The van der Waals surface area contributed by atoms with Gasteiger partial charge in [-0.15, -0.1) is 0 Å². The fraction of sp³-hybridized carbons (Fsp3) is 0.556. The van der Waals surface area contributed by atoms with E-state index in [-0.39, 0.29) is 12.0 Å². The lowest BCUT2D eigenvalue weighted by Gasteiger charge is -2.17. The van der Waals surface area contributed by atoms with Gasteiger partial charge < -0.3 is 19.9 Å². The molecule has 2 saturated carbocycles. The van der Waals surface area contributed by atoms with Gasteiger partial charge >= 0.3 is 5.97 Å². The predicted molar refractivity (Wildman–Crippen MR) is 87.5 cm³/mol. The minimum Gasteiger partial charge on any atom is -0.493 e. The summed E-state index contributed by atoms with van der Waals surface area (Å²) >= 11 is 0. The normalized spacial score (nSPS) is 18.9. The Kier molecular flexibility index (Phi) is 4.92. The van der Waals surface area contributed by atoms with E-state index in [1.165, 1.54) is 20.0 Å². The highest BCUT2D eigenvalue weighted by Gasteiger charge is 2.37. The van der Waals surface area contributed by atoms with Crippen LogP contribution in [0.1, 0.15) is 48.9 Å². The van der Waals surface area contributed by atoms with E-state index in [1.807, 2.05) is 0 Å². The molecular weight excluding hydrogens is 310 g/mol. The second-order valence-corrected chi connectivity index (χ2v) is 6.52. The van der Waals surface area contributed by atoms with Crippen LogP contribution in [0.5, 0.6) is 11.5 Å². The first-order valence-corrected chi connectivity index (χ1v) is 8.47. The molecule has 24 heavy (non-hydrogen) atoms. The lowest BCUT2D eigenvalue weighted by atomic mass is 10.1. The molecule has 6 nitrogen and oxygen atoms in total. The predicted octanol–water partition coefficient (Wildman–Crippen LogP) is 2.61. The molecule has 1 aromatic rings. The number of carbonyl (C=O) groups excluding carboxylic acids is 1. The number of carbonyl (C=O) groups is 2. The third-order valence-electron chi connectivity index (χ3n) is 4.67. The number of hydrogen-bond acceptors (Lipinski definition) is 4. The van der Waals surface area contributed by atoms with Crippen LogP contribution in [0.25, 0.3) is 0 Å². The van der Waals surface area contributed by atoms with Crippen LogP contribution in [0.15, 0.2) is 18.2 Å². The van der Waals surface area contributed by atoms with Crippen molar-refractivity contribution in [3.05, 3.63) is 23.8 Å². The Hall–Kier alpha value is -2.24. The lowest BCUT2D eigenvalue weighted by molar-refractivity contribution is -0.139. The summed E-state index contributed by atoms with van der Waals surface area (Å²) in [5.74, 6) is -0.233. The van der Waals surface area contributed by atoms with Gasteiger partial charge in [0.15, 0.2) is 11.5 Å². The van der Waals surface area contributed by atoms with Crippen molar-refractivity contribution in [3.8, 4) is 11.5 Å². The molecule has 0 saturated heterocycles. The van der Waals surface area contributed by atoms with Gasteiger partial charge in [-0.2, -0.15) is 0 Å². The van der Waals surface area contributed by atoms with E-state index < -0.39 is 17.9 Å². The summed E-state index contributed by atoms with van der Waals surface area (Å²) in [6.45, 7) is 0. The Morgan fingerprint density at radius 2 is 1.88 bits per heavy atom. The molecule has 2 aliphatic carbocycles. The van der Waals surface area contributed by atoms with E-state index in [9.17, 15) is 14.7 Å². The summed E-state index contributed by atoms with van der Waals surface area (Å²) in [7, 11) is 1.53. The largest absolute Gasteiger partial charge is 0.493 e. The summed E-state index contributed by atoms with van der Waals surface area (Å²) in [5, 5.41) is 11.8. The van der Waals surface area contributed by atoms with Gasteiger partial charge in [-0.05, 0) is 62.6 Å². The summed E-state index contributed by atoms with van der Waals surface area (Å²) in [5.41, 5.74) is 0.373. The number of benzene rings is 1. The average Bonchev–Trinajstić information content (AvgIpc) is 3.28. The highest BCUT2D eigenvalue weighted by atomic mass is 16.5.